The summed E-state index contributed by atoms with van der Waals surface area (Å²) in [6.07, 6.45) is 0. The Bertz CT molecular complexity index is 391. The third-order valence-electron chi connectivity index (χ3n) is 2.90. The number of halogens is 3. The molecule has 2 rings (SSSR count). The molecule has 0 amide bonds. The highest BCUT2D eigenvalue weighted by molar-refractivity contribution is 9.09. The van der Waals surface area contributed by atoms with Gasteiger partial charge in [0.25, 0.3) is 0 Å². The molecule has 1 aromatic rings. The Kier molecular flexibility index (Phi) is 4.79. The van der Waals surface area contributed by atoms with Crippen LogP contribution in [0.4, 0.5) is 4.39 Å². The lowest BCUT2D eigenvalue weighted by molar-refractivity contribution is -0.00215. The minimum absolute atomic E-state index is 0.174. The van der Waals surface area contributed by atoms with E-state index < -0.39 is 0 Å². The van der Waals surface area contributed by atoms with Gasteiger partial charge in [-0.05, 0) is 17.7 Å². The van der Waals surface area contributed by atoms with E-state index >= 15 is 0 Å². The number of morpholine rings is 1. The fraction of sp³-hybridized carbons (Fsp3) is 0.500. The number of rotatable bonds is 3. The molecule has 0 aromatic heterocycles. The fourth-order valence-corrected chi connectivity index (χ4v) is 2.63. The van der Waals surface area contributed by atoms with Gasteiger partial charge in [-0.25, -0.2) is 4.39 Å². The highest BCUT2D eigenvalue weighted by atomic mass is 79.9. The monoisotopic (exact) mass is 321 g/mol. The van der Waals surface area contributed by atoms with Gasteiger partial charge in [-0.3, -0.25) is 4.90 Å². The Morgan fingerprint density at radius 1 is 1.53 bits per heavy atom. The van der Waals surface area contributed by atoms with Crippen LogP contribution in [0.5, 0.6) is 0 Å². The summed E-state index contributed by atoms with van der Waals surface area (Å²) in [5.74, 6) is -0.354. The first kappa shape index (κ1) is 13.3. The molecular formula is C12H14BrClFNO. The van der Waals surface area contributed by atoms with Crippen molar-refractivity contribution in [1.29, 1.82) is 0 Å². The van der Waals surface area contributed by atoms with E-state index in [1.165, 1.54) is 6.07 Å². The van der Waals surface area contributed by atoms with Gasteiger partial charge in [-0.15, -0.1) is 0 Å². The van der Waals surface area contributed by atoms with Crippen LogP contribution < -0.4 is 0 Å². The first-order chi connectivity index (χ1) is 8.20. The topological polar surface area (TPSA) is 12.5 Å². The molecule has 1 aliphatic rings. The second-order valence-electron chi connectivity index (χ2n) is 4.10. The summed E-state index contributed by atoms with van der Waals surface area (Å²) in [7, 11) is 0. The molecule has 0 spiro atoms. The molecule has 1 atom stereocenters. The van der Waals surface area contributed by atoms with Crippen LogP contribution in [-0.4, -0.2) is 36.0 Å². The lowest BCUT2D eigenvalue weighted by Gasteiger charge is -2.34. The van der Waals surface area contributed by atoms with E-state index in [4.69, 9.17) is 16.3 Å². The number of hydrogen-bond acceptors (Lipinski definition) is 2. The van der Waals surface area contributed by atoms with Crippen LogP contribution in [0.3, 0.4) is 0 Å². The van der Waals surface area contributed by atoms with Crippen molar-refractivity contribution in [3.8, 4) is 0 Å². The predicted octanol–water partition coefficient (Wildman–Crippen LogP) is 3.07. The largest absolute Gasteiger partial charge is 0.378 e. The standard InChI is InChI=1S/C12H14BrClFNO/c13-6-10-8-17-4-3-16(10)7-9-1-2-11(14)12(15)5-9/h1-2,5,10H,3-4,6-8H2. The summed E-state index contributed by atoms with van der Waals surface area (Å²) in [6, 6.07) is 5.33. The molecule has 5 heteroatoms. The Morgan fingerprint density at radius 3 is 3.06 bits per heavy atom. The van der Waals surface area contributed by atoms with Crippen LogP contribution in [0.2, 0.25) is 5.02 Å². The van der Waals surface area contributed by atoms with Gasteiger partial charge in [0.1, 0.15) is 5.82 Å². The van der Waals surface area contributed by atoms with Gasteiger partial charge in [0, 0.05) is 24.5 Å². The molecule has 1 aliphatic heterocycles. The Labute approximate surface area is 114 Å². The molecule has 0 bridgehead atoms. The molecule has 0 N–H and O–H groups in total. The Hall–Kier alpha value is -0.160. The number of benzene rings is 1. The van der Waals surface area contributed by atoms with Crippen LogP contribution in [0.25, 0.3) is 0 Å². The van der Waals surface area contributed by atoms with Crippen molar-refractivity contribution in [3.63, 3.8) is 0 Å². The first-order valence-corrected chi connectivity index (χ1v) is 7.02. The Balaban J connectivity index is 2.05. The highest BCUT2D eigenvalue weighted by Gasteiger charge is 2.22. The van der Waals surface area contributed by atoms with Gasteiger partial charge in [0.2, 0.25) is 0 Å². The van der Waals surface area contributed by atoms with Gasteiger partial charge in [-0.1, -0.05) is 33.6 Å². The average Bonchev–Trinajstić information content (AvgIpc) is 2.34. The van der Waals surface area contributed by atoms with Crippen molar-refractivity contribution in [2.24, 2.45) is 0 Å². The lowest BCUT2D eigenvalue weighted by atomic mass is 10.1. The molecule has 2 nitrogen and oxygen atoms in total. The van der Waals surface area contributed by atoms with Gasteiger partial charge < -0.3 is 4.74 Å². The van der Waals surface area contributed by atoms with Crippen LogP contribution in [-0.2, 0) is 11.3 Å². The van der Waals surface area contributed by atoms with E-state index in [0.717, 1.165) is 37.2 Å². The molecule has 1 fully saturated rings. The van der Waals surface area contributed by atoms with Gasteiger partial charge in [-0.2, -0.15) is 0 Å². The van der Waals surface area contributed by atoms with Crippen LogP contribution >= 0.6 is 27.5 Å². The van der Waals surface area contributed by atoms with E-state index in [1.54, 1.807) is 6.07 Å². The lowest BCUT2D eigenvalue weighted by Crippen LogP contribution is -2.45. The van der Waals surface area contributed by atoms with E-state index in [-0.39, 0.29) is 10.8 Å². The van der Waals surface area contributed by atoms with E-state index in [0.29, 0.717) is 6.04 Å². The highest BCUT2D eigenvalue weighted by Crippen LogP contribution is 2.19. The zero-order chi connectivity index (χ0) is 12.3. The summed E-state index contributed by atoms with van der Waals surface area (Å²) in [6.45, 7) is 3.06. The fourth-order valence-electron chi connectivity index (χ4n) is 1.91. The normalized spacial score (nSPS) is 21.7. The molecule has 94 valence electrons. The van der Waals surface area contributed by atoms with E-state index in [1.807, 2.05) is 6.07 Å². The van der Waals surface area contributed by atoms with Crippen LogP contribution in [0, 0.1) is 5.82 Å². The van der Waals surface area contributed by atoms with Gasteiger partial charge in [0.05, 0.1) is 18.2 Å². The molecule has 1 unspecified atom stereocenters. The zero-order valence-electron chi connectivity index (χ0n) is 9.33. The molecule has 0 radical (unpaired) electrons. The van der Waals surface area contributed by atoms with E-state index in [2.05, 4.69) is 20.8 Å². The number of ether oxygens (including phenoxy) is 1. The van der Waals surface area contributed by atoms with Crippen molar-refractivity contribution in [3.05, 3.63) is 34.6 Å². The smallest absolute Gasteiger partial charge is 0.142 e. The second kappa shape index (κ2) is 6.14. The van der Waals surface area contributed by atoms with Gasteiger partial charge >= 0.3 is 0 Å². The minimum atomic E-state index is -0.354. The average molecular weight is 323 g/mol. The summed E-state index contributed by atoms with van der Waals surface area (Å²) in [5, 5.41) is 1.04. The second-order valence-corrected chi connectivity index (χ2v) is 5.16. The molecule has 17 heavy (non-hydrogen) atoms. The van der Waals surface area contributed by atoms with Crippen molar-refractivity contribution >= 4 is 27.5 Å². The maximum atomic E-state index is 13.3. The van der Waals surface area contributed by atoms with E-state index in [9.17, 15) is 4.39 Å². The minimum Gasteiger partial charge on any atom is -0.378 e. The van der Waals surface area contributed by atoms with Crippen molar-refractivity contribution in [2.45, 2.75) is 12.6 Å². The molecule has 1 heterocycles. The van der Waals surface area contributed by atoms with Gasteiger partial charge in [0.15, 0.2) is 0 Å². The molecule has 0 aliphatic carbocycles. The summed E-state index contributed by atoms with van der Waals surface area (Å²) < 4.78 is 18.7. The summed E-state index contributed by atoms with van der Waals surface area (Å²) in [5.41, 5.74) is 0.944. The zero-order valence-corrected chi connectivity index (χ0v) is 11.7. The van der Waals surface area contributed by atoms with Crippen LogP contribution in [0.15, 0.2) is 18.2 Å². The number of hydrogen-bond donors (Lipinski definition) is 0. The Morgan fingerprint density at radius 2 is 2.35 bits per heavy atom. The van der Waals surface area contributed by atoms with Crippen LogP contribution in [0.1, 0.15) is 5.56 Å². The molecule has 0 saturated carbocycles. The molecule has 1 aromatic carbocycles. The molecule has 1 saturated heterocycles. The molecular weight excluding hydrogens is 308 g/mol. The number of nitrogens with zero attached hydrogens (tertiary/aromatic N) is 1. The quantitative estimate of drug-likeness (QED) is 0.793. The first-order valence-electron chi connectivity index (χ1n) is 5.52. The SMILES string of the molecule is Fc1cc(CN2CCOCC2CBr)ccc1Cl. The third-order valence-corrected chi connectivity index (χ3v) is 3.95. The maximum absolute atomic E-state index is 13.3. The maximum Gasteiger partial charge on any atom is 0.142 e. The number of alkyl halides is 1. The third kappa shape index (κ3) is 3.41. The van der Waals surface area contributed by atoms with Crippen molar-refractivity contribution < 1.29 is 9.13 Å². The van der Waals surface area contributed by atoms with Crippen molar-refractivity contribution in [2.75, 3.05) is 25.1 Å². The predicted molar refractivity (Wildman–Crippen MR) is 70.2 cm³/mol. The summed E-state index contributed by atoms with van der Waals surface area (Å²) in [4.78, 5) is 2.29. The van der Waals surface area contributed by atoms with Crippen molar-refractivity contribution in [1.82, 2.24) is 4.90 Å². The summed E-state index contributed by atoms with van der Waals surface area (Å²) >= 11 is 9.14.